The van der Waals surface area contributed by atoms with Crippen LogP contribution in [-0.2, 0) is 22.7 Å². The number of aromatic nitrogens is 3. The van der Waals surface area contributed by atoms with Crippen molar-refractivity contribution in [1.82, 2.24) is 19.6 Å². The maximum Gasteiger partial charge on any atom is 0.276 e. The molecular formula is C17H22N4O4S2. The van der Waals surface area contributed by atoms with Crippen LogP contribution in [0.2, 0.25) is 0 Å². The van der Waals surface area contributed by atoms with Gasteiger partial charge in [0.2, 0.25) is 0 Å². The maximum atomic E-state index is 12.9. The van der Waals surface area contributed by atoms with E-state index in [9.17, 15) is 13.2 Å². The molecule has 3 heterocycles. The van der Waals surface area contributed by atoms with Crippen molar-refractivity contribution in [2.75, 3.05) is 19.3 Å². The Morgan fingerprint density at radius 1 is 1.26 bits per heavy atom. The van der Waals surface area contributed by atoms with Gasteiger partial charge in [0.15, 0.2) is 19.7 Å². The second-order valence-corrected chi connectivity index (χ2v) is 10.5. The highest BCUT2D eigenvalue weighted by Crippen LogP contribution is 2.34. The molecule has 1 aliphatic heterocycles. The molecule has 2 aromatic rings. The largest absolute Gasteiger partial charge is 0.360 e. The number of nitrogens with zero attached hydrogens (tertiary/aromatic N) is 4. The van der Waals surface area contributed by atoms with Crippen molar-refractivity contribution in [3.05, 3.63) is 22.7 Å². The summed E-state index contributed by atoms with van der Waals surface area (Å²) in [5, 5.41) is 8.11. The summed E-state index contributed by atoms with van der Waals surface area (Å²) >= 11 is 0.919. The van der Waals surface area contributed by atoms with Gasteiger partial charge in [-0.05, 0) is 31.6 Å². The molecule has 0 unspecified atom stereocenters. The first-order valence-corrected chi connectivity index (χ1v) is 11.8. The Morgan fingerprint density at radius 2 is 2.00 bits per heavy atom. The molecule has 27 heavy (non-hydrogen) atoms. The molecule has 1 aliphatic carbocycles. The second-order valence-electron chi connectivity index (χ2n) is 7.57. The molecule has 0 N–H and O–H groups in total. The summed E-state index contributed by atoms with van der Waals surface area (Å²) in [5.74, 6) is 1.29. The molecule has 0 aromatic carbocycles. The average Bonchev–Trinajstić information content (AvgIpc) is 3.28. The fourth-order valence-corrected chi connectivity index (χ4v) is 5.68. The summed E-state index contributed by atoms with van der Waals surface area (Å²) in [6.45, 7) is 3.26. The van der Waals surface area contributed by atoms with Crippen LogP contribution in [0.1, 0.15) is 59.6 Å². The number of fused-ring (bicyclic) bond motifs is 1. The van der Waals surface area contributed by atoms with E-state index in [4.69, 9.17) is 4.52 Å². The third-order valence-corrected chi connectivity index (χ3v) is 8.03. The monoisotopic (exact) mass is 410 g/mol. The number of piperidine rings is 1. The number of amides is 1. The number of carbonyl (C=O) groups is 1. The van der Waals surface area contributed by atoms with E-state index in [1.807, 2.05) is 0 Å². The second kappa shape index (κ2) is 6.97. The van der Waals surface area contributed by atoms with Gasteiger partial charge in [-0.15, -0.1) is 5.10 Å². The predicted molar refractivity (Wildman–Crippen MR) is 98.6 cm³/mol. The topological polar surface area (TPSA) is 106 Å². The van der Waals surface area contributed by atoms with Crippen molar-refractivity contribution in [1.29, 1.82) is 0 Å². The summed E-state index contributed by atoms with van der Waals surface area (Å²) in [4.78, 5) is 14.7. The van der Waals surface area contributed by atoms with E-state index < -0.39 is 9.84 Å². The minimum Gasteiger partial charge on any atom is -0.360 e. The van der Waals surface area contributed by atoms with Gasteiger partial charge in [-0.1, -0.05) is 16.6 Å². The van der Waals surface area contributed by atoms with Gasteiger partial charge in [0, 0.05) is 48.8 Å². The van der Waals surface area contributed by atoms with Crippen LogP contribution >= 0.6 is 11.5 Å². The fraction of sp³-hybridized carbons (Fsp3) is 0.647. The molecule has 1 saturated heterocycles. The molecule has 146 valence electrons. The summed E-state index contributed by atoms with van der Waals surface area (Å²) in [6.07, 6.45) is 5.24. The Morgan fingerprint density at radius 3 is 2.70 bits per heavy atom. The minimum absolute atomic E-state index is 0.00349. The zero-order valence-corrected chi connectivity index (χ0v) is 17.0. The number of rotatable bonds is 3. The summed E-state index contributed by atoms with van der Waals surface area (Å²) in [6, 6.07) is 0. The van der Waals surface area contributed by atoms with Gasteiger partial charge in [0.1, 0.15) is 5.76 Å². The molecule has 0 radical (unpaired) electrons. The lowest BCUT2D eigenvalue weighted by atomic mass is 9.87. The molecule has 8 nitrogen and oxygen atoms in total. The normalized spacial score (nSPS) is 21.3. The maximum absolute atomic E-state index is 12.9. The first-order valence-electron chi connectivity index (χ1n) is 9.13. The van der Waals surface area contributed by atoms with Crippen LogP contribution in [0, 0.1) is 5.92 Å². The summed E-state index contributed by atoms with van der Waals surface area (Å²) < 4.78 is 33.3. The molecule has 1 atom stereocenters. The van der Waals surface area contributed by atoms with E-state index in [1.165, 1.54) is 6.26 Å². The third-order valence-electron chi connectivity index (χ3n) is 5.48. The number of likely N-dealkylation sites (tertiary alicyclic amines) is 1. The Bertz CT molecular complexity index is 957. The van der Waals surface area contributed by atoms with Crippen LogP contribution in [0.4, 0.5) is 0 Å². The highest BCUT2D eigenvalue weighted by molar-refractivity contribution is 7.92. The SMILES string of the molecule is C[C@H]1CCc2onc(C(=O)N3CCC(c4nnsc4S(C)(=O)=O)CC3)c2C1. The lowest BCUT2D eigenvalue weighted by Gasteiger charge is -2.31. The van der Waals surface area contributed by atoms with Gasteiger partial charge < -0.3 is 9.42 Å². The van der Waals surface area contributed by atoms with Crippen LogP contribution < -0.4 is 0 Å². The Kier molecular flexibility index (Phi) is 4.79. The quantitative estimate of drug-likeness (QED) is 0.762. The van der Waals surface area contributed by atoms with Crippen LogP contribution in [0.3, 0.4) is 0 Å². The van der Waals surface area contributed by atoms with E-state index in [0.717, 1.165) is 42.1 Å². The van der Waals surface area contributed by atoms with Crippen LogP contribution in [-0.4, -0.2) is 53.3 Å². The first-order chi connectivity index (χ1) is 12.8. The van der Waals surface area contributed by atoms with Gasteiger partial charge >= 0.3 is 0 Å². The van der Waals surface area contributed by atoms with E-state index in [0.29, 0.717) is 43.2 Å². The van der Waals surface area contributed by atoms with Crippen molar-refractivity contribution >= 4 is 27.3 Å². The van der Waals surface area contributed by atoms with Crippen molar-refractivity contribution in [2.24, 2.45) is 5.92 Å². The first kappa shape index (κ1) is 18.5. The predicted octanol–water partition coefficient (Wildman–Crippen LogP) is 2.07. The molecule has 0 spiro atoms. The number of hydrogen-bond acceptors (Lipinski definition) is 8. The van der Waals surface area contributed by atoms with Crippen molar-refractivity contribution in [3.63, 3.8) is 0 Å². The molecule has 4 rings (SSSR count). The van der Waals surface area contributed by atoms with Gasteiger partial charge in [-0.3, -0.25) is 4.79 Å². The van der Waals surface area contributed by atoms with E-state index in [1.54, 1.807) is 4.90 Å². The smallest absolute Gasteiger partial charge is 0.276 e. The molecule has 2 aliphatic rings. The van der Waals surface area contributed by atoms with E-state index >= 15 is 0 Å². The van der Waals surface area contributed by atoms with Gasteiger partial charge in [0.25, 0.3) is 5.91 Å². The lowest BCUT2D eigenvalue weighted by molar-refractivity contribution is 0.0700. The number of carbonyl (C=O) groups excluding carboxylic acids is 1. The van der Waals surface area contributed by atoms with Gasteiger partial charge in [-0.25, -0.2) is 8.42 Å². The van der Waals surface area contributed by atoms with E-state index in [-0.39, 0.29) is 16.0 Å². The highest BCUT2D eigenvalue weighted by Gasteiger charge is 2.33. The molecule has 0 saturated carbocycles. The fourth-order valence-electron chi connectivity index (χ4n) is 3.95. The molecule has 0 bridgehead atoms. The van der Waals surface area contributed by atoms with Crippen molar-refractivity contribution in [3.8, 4) is 0 Å². The van der Waals surface area contributed by atoms with Gasteiger partial charge in [0.05, 0.1) is 5.69 Å². The van der Waals surface area contributed by atoms with Crippen LogP contribution in [0.5, 0.6) is 0 Å². The standard InChI is InChI=1S/C17H22N4O4S2/c1-10-3-4-13-12(9-10)15(19-25-13)16(22)21-7-5-11(6-8-21)14-17(26-20-18-14)27(2,23)24/h10-11H,3-9H2,1-2H3/t10-/m0/s1. The highest BCUT2D eigenvalue weighted by atomic mass is 32.2. The Hall–Kier alpha value is -1.81. The van der Waals surface area contributed by atoms with Crippen LogP contribution in [0.25, 0.3) is 0 Å². The van der Waals surface area contributed by atoms with Gasteiger partial charge in [-0.2, -0.15) is 0 Å². The third kappa shape index (κ3) is 3.52. The summed E-state index contributed by atoms with van der Waals surface area (Å²) in [7, 11) is -3.33. The Balaban J connectivity index is 1.47. The lowest BCUT2D eigenvalue weighted by Crippen LogP contribution is -2.38. The molecular weight excluding hydrogens is 388 g/mol. The molecule has 1 fully saturated rings. The van der Waals surface area contributed by atoms with Crippen molar-refractivity contribution < 1.29 is 17.7 Å². The summed E-state index contributed by atoms with van der Waals surface area (Å²) in [5.41, 5.74) is 1.95. The number of hydrogen-bond donors (Lipinski definition) is 0. The zero-order valence-electron chi connectivity index (χ0n) is 15.3. The average molecular weight is 411 g/mol. The molecule has 10 heteroatoms. The number of sulfone groups is 1. The van der Waals surface area contributed by atoms with Crippen LogP contribution in [0.15, 0.2) is 8.73 Å². The van der Waals surface area contributed by atoms with E-state index in [2.05, 4.69) is 21.7 Å². The zero-order chi connectivity index (χ0) is 19.2. The minimum atomic E-state index is -3.33. The van der Waals surface area contributed by atoms with Crippen molar-refractivity contribution in [2.45, 2.75) is 49.2 Å². The Labute approximate surface area is 162 Å². The molecule has 1 amide bonds. The molecule has 2 aromatic heterocycles. The number of aryl methyl sites for hydroxylation is 1.